The second-order valence-electron chi connectivity index (χ2n) is 8.18. The maximum atomic E-state index is 12.4. The second-order valence-corrected chi connectivity index (χ2v) is 8.18. The number of rotatable bonds is 5. The van der Waals surface area contributed by atoms with E-state index < -0.39 is 11.6 Å². The fourth-order valence-corrected chi connectivity index (χ4v) is 2.27. The van der Waals surface area contributed by atoms with Crippen LogP contribution in [0.3, 0.4) is 0 Å². The van der Waals surface area contributed by atoms with Crippen molar-refractivity contribution in [3.8, 4) is 0 Å². The molecular formula is C20H31NO3. The van der Waals surface area contributed by atoms with E-state index in [-0.39, 0.29) is 17.3 Å². The first-order valence-corrected chi connectivity index (χ1v) is 8.58. The van der Waals surface area contributed by atoms with Gasteiger partial charge in [-0.2, -0.15) is 0 Å². The third kappa shape index (κ3) is 6.34. The van der Waals surface area contributed by atoms with Gasteiger partial charge in [-0.15, -0.1) is 0 Å². The number of nitrogens with one attached hydrogen (secondary N) is 1. The van der Waals surface area contributed by atoms with Crippen molar-refractivity contribution >= 4 is 11.9 Å². The Morgan fingerprint density at radius 2 is 1.58 bits per heavy atom. The Hall–Kier alpha value is -1.84. The molecule has 0 radical (unpaired) electrons. The molecule has 1 unspecified atom stereocenters. The molecule has 1 amide bonds. The lowest BCUT2D eigenvalue weighted by Gasteiger charge is -2.24. The summed E-state index contributed by atoms with van der Waals surface area (Å²) in [5, 5.41) is 2.80. The van der Waals surface area contributed by atoms with Crippen LogP contribution in [0.4, 0.5) is 0 Å². The van der Waals surface area contributed by atoms with Crippen LogP contribution in [0.1, 0.15) is 77.2 Å². The minimum Gasteiger partial charge on any atom is -0.458 e. The second kappa shape index (κ2) is 7.82. The third-order valence-corrected chi connectivity index (χ3v) is 3.59. The first-order chi connectivity index (χ1) is 10.9. The Balaban J connectivity index is 2.83. The summed E-state index contributed by atoms with van der Waals surface area (Å²) >= 11 is 0. The van der Waals surface area contributed by atoms with Crippen molar-refractivity contribution in [3.05, 3.63) is 35.4 Å². The lowest BCUT2D eigenvalue weighted by Crippen LogP contribution is -2.44. The summed E-state index contributed by atoms with van der Waals surface area (Å²) in [5.74, 6) is -0.635. The molecule has 0 aromatic heterocycles. The quantitative estimate of drug-likeness (QED) is 0.821. The monoisotopic (exact) mass is 333 g/mol. The summed E-state index contributed by atoms with van der Waals surface area (Å²) in [7, 11) is 0. The molecule has 24 heavy (non-hydrogen) atoms. The molecule has 4 nitrogen and oxygen atoms in total. The van der Waals surface area contributed by atoms with Crippen LogP contribution in [-0.4, -0.2) is 23.5 Å². The van der Waals surface area contributed by atoms with Crippen LogP contribution in [0.15, 0.2) is 24.3 Å². The van der Waals surface area contributed by atoms with E-state index in [2.05, 4.69) is 26.1 Å². The fraction of sp³-hybridized carbons (Fsp3) is 0.600. The topological polar surface area (TPSA) is 55.4 Å². The van der Waals surface area contributed by atoms with Gasteiger partial charge >= 0.3 is 5.97 Å². The van der Waals surface area contributed by atoms with Gasteiger partial charge in [0.2, 0.25) is 0 Å². The van der Waals surface area contributed by atoms with E-state index >= 15 is 0 Å². The standard InChI is InChI=1S/C20H31NO3/c1-8-9-16(18(23)24-20(5,6)7)21-17(22)14-10-12-15(13-11-14)19(2,3)4/h10-13,16H,8-9H2,1-7H3,(H,21,22). The van der Waals surface area contributed by atoms with Gasteiger partial charge < -0.3 is 10.1 Å². The highest BCUT2D eigenvalue weighted by Gasteiger charge is 2.26. The van der Waals surface area contributed by atoms with E-state index in [1.807, 2.05) is 39.8 Å². The molecule has 0 aliphatic heterocycles. The molecule has 0 aliphatic carbocycles. The number of esters is 1. The number of carbonyl (C=O) groups excluding carboxylic acids is 2. The van der Waals surface area contributed by atoms with E-state index in [4.69, 9.17) is 4.74 Å². The van der Waals surface area contributed by atoms with Crippen LogP contribution in [0.5, 0.6) is 0 Å². The minimum atomic E-state index is -0.621. The van der Waals surface area contributed by atoms with Crippen LogP contribution in [0.25, 0.3) is 0 Å². The Kier molecular flexibility index (Phi) is 6.58. The number of hydrogen-bond donors (Lipinski definition) is 1. The van der Waals surface area contributed by atoms with Crippen LogP contribution in [0, 0.1) is 0 Å². The van der Waals surface area contributed by atoms with Crippen LogP contribution in [0.2, 0.25) is 0 Å². The van der Waals surface area contributed by atoms with Gasteiger partial charge in [-0.3, -0.25) is 4.79 Å². The molecule has 1 aromatic carbocycles. The van der Waals surface area contributed by atoms with Crippen molar-refractivity contribution in [1.29, 1.82) is 0 Å². The normalized spacial score (nSPS) is 13.3. The first-order valence-electron chi connectivity index (χ1n) is 8.58. The zero-order valence-electron chi connectivity index (χ0n) is 16.0. The lowest BCUT2D eigenvalue weighted by atomic mass is 9.86. The Morgan fingerprint density at radius 1 is 1.04 bits per heavy atom. The highest BCUT2D eigenvalue weighted by atomic mass is 16.6. The molecule has 0 heterocycles. The minimum absolute atomic E-state index is 0.0380. The van der Waals surface area contributed by atoms with Gasteiger partial charge in [0.25, 0.3) is 5.91 Å². The van der Waals surface area contributed by atoms with Gasteiger partial charge in [0.05, 0.1) is 0 Å². The van der Waals surface area contributed by atoms with Gasteiger partial charge in [-0.05, 0) is 50.3 Å². The van der Waals surface area contributed by atoms with Gasteiger partial charge in [-0.1, -0.05) is 46.2 Å². The molecule has 1 rings (SSSR count). The molecule has 134 valence electrons. The van der Waals surface area contributed by atoms with Gasteiger partial charge in [-0.25, -0.2) is 4.79 Å². The van der Waals surface area contributed by atoms with E-state index in [0.29, 0.717) is 12.0 Å². The van der Waals surface area contributed by atoms with Gasteiger partial charge in [0, 0.05) is 5.56 Å². The summed E-state index contributed by atoms with van der Waals surface area (Å²) in [6.45, 7) is 13.8. The maximum absolute atomic E-state index is 12.4. The van der Waals surface area contributed by atoms with Gasteiger partial charge in [0.1, 0.15) is 11.6 Å². The summed E-state index contributed by atoms with van der Waals surface area (Å²) in [6.07, 6.45) is 1.34. The molecule has 0 aliphatic rings. The van der Waals surface area contributed by atoms with Crippen LogP contribution < -0.4 is 5.32 Å². The zero-order chi connectivity index (χ0) is 18.5. The molecule has 0 spiro atoms. The average Bonchev–Trinajstić information content (AvgIpc) is 2.44. The van der Waals surface area contributed by atoms with Crippen LogP contribution in [-0.2, 0) is 14.9 Å². The highest BCUT2D eigenvalue weighted by Crippen LogP contribution is 2.22. The smallest absolute Gasteiger partial charge is 0.329 e. The number of hydrogen-bond acceptors (Lipinski definition) is 3. The van der Waals surface area contributed by atoms with Crippen molar-refractivity contribution in [2.75, 3.05) is 0 Å². The average molecular weight is 333 g/mol. The van der Waals surface area contributed by atoms with Crippen molar-refractivity contribution in [2.24, 2.45) is 0 Å². The molecule has 4 heteroatoms. The predicted molar refractivity (Wildman–Crippen MR) is 97.1 cm³/mol. The molecule has 1 atom stereocenters. The highest BCUT2D eigenvalue weighted by molar-refractivity contribution is 5.96. The Morgan fingerprint density at radius 3 is 2.00 bits per heavy atom. The van der Waals surface area contributed by atoms with E-state index in [1.54, 1.807) is 12.1 Å². The third-order valence-electron chi connectivity index (χ3n) is 3.59. The first kappa shape index (κ1) is 20.2. The molecular weight excluding hydrogens is 302 g/mol. The van der Waals surface area contributed by atoms with Crippen molar-refractivity contribution in [2.45, 2.75) is 78.4 Å². The van der Waals surface area contributed by atoms with Crippen LogP contribution >= 0.6 is 0 Å². The largest absolute Gasteiger partial charge is 0.458 e. The van der Waals surface area contributed by atoms with Gasteiger partial charge in [0.15, 0.2) is 0 Å². The van der Waals surface area contributed by atoms with Crippen molar-refractivity contribution in [3.63, 3.8) is 0 Å². The number of amides is 1. The van der Waals surface area contributed by atoms with E-state index in [0.717, 1.165) is 12.0 Å². The number of carbonyl (C=O) groups is 2. The molecule has 0 saturated heterocycles. The Labute approximate surface area is 146 Å². The summed E-state index contributed by atoms with van der Waals surface area (Å²) in [5.41, 5.74) is 1.18. The SMILES string of the molecule is CCCC(NC(=O)c1ccc(C(C)(C)C)cc1)C(=O)OC(C)(C)C. The summed E-state index contributed by atoms with van der Waals surface area (Å²) < 4.78 is 5.40. The van der Waals surface area contributed by atoms with E-state index in [1.165, 1.54) is 0 Å². The summed E-state index contributed by atoms with van der Waals surface area (Å²) in [6, 6.07) is 6.89. The molecule has 0 fully saturated rings. The van der Waals surface area contributed by atoms with E-state index in [9.17, 15) is 9.59 Å². The fourth-order valence-electron chi connectivity index (χ4n) is 2.27. The number of benzene rings is 1. The molecule has 1 aromatic rings. The Bertz CT molecular complexity index is 562. The zero-order valence-corrected chi connectivity index (χ0v) is 16.0. The molecule has 0 bridgehead atoms. The number of ether oxygens (including phenoxy) is 1. The molecule has 1 N–H and O–H groups in total. The predicted octanol–water partition coefficient (Wildman–Crippen LogP) is 4.22. The van der Waals surface area contributed by atoms with Crippen molar-refractivity contribution in [1.82, 2.24) is 5.32 Å². The summed E-state index contributed by atoms with van der Waals surface area (Å²) in [4.78, 5) is 24.7. The maximum Gasteiger partial charge on any atom is 0.329 e. The molecule has 0 saturated carbocycles. The lowest BCUT2D eigenvalue weighted by molar-refractivity contribution is -0.157. The van der Waals surface area contributed by atoms with Crippen molar-refractivity contribution < 1.29 is 14.3 Å².